The number of aryl methyl sites for hydroxylation is 2. The standard InChI is InChI=1S/C25H32N2O4/c1-17-13-20(25(3,4)5)14-18(2)21(17)11-12-26-22(28)16-31-23(29)15-27-24(30)19-9-7-6-8-10-19/h6-10,13-14H,11-12,15-16H2,1-5H3,(H,26,28)(H,27,30). The molecule has 0 spiro atoms. The summed E-state index contributed by atoms with van der Waals surface area (Å²) in [6.45, 7) is 10.5. The van der Waals surface area contributed by atoms with Crippen LogP contribution >= 0.6 is 0 Å². The lowest BCUT2D eigenvalue weighted by atomic mass is 9.83. The lowest BCUT2D eigenvalue weighted by Crippen LogP contribution is -2.34. The number of esters is 1. The van der Waals surface area contributed by atoms with Gasteiger partial charge in [-0.2, -0.15) is 0 Å². The second kappa shape index (κ2) is 10.8. The van der Waals surface area contributed by atoms with Gasteiger partial charge in [0.05, 0.1) is 0 Å². The number of carbonyl (C=O) groups is 3. The number of hydrogen-bond acceptors (Lipinski definition) is 4. The second-order valence-corrected chi connectivity index (χ2v) is 8.65. The predicted octanol–water partition coefficient (Wildman–Crippen LogP) is 3.23. The first-order valence-corrected chi connectivity index (χ1v) is 10.4. The molecule has 0 saturated heterocycles. The van der Waals surface area contributed by atoms with E-state index >= 15 is 0 Å². The van der Waals surface area contributed by atoms with Crippen LogP contribution < -0.4 is 10.6 Å². The highest BCUT2D eigenvalue weighted by Crippen LogP contribution is 2.27. The monoisotopic (exact) mass is 424 g/mol. The highest BCUT2D eigenvalue weighted by molar-refractivity contribution is 5.96. The summed E-state index contributed by atoms with van der Waals surface area (Å²) in [5, 5.41) is 5.24. The molecule has 0 fully saturated rings. The van der Waals surface area contributed by atoms with Crippen molar-refractivity contribution in [2.24, 2.45) is 0 Å². The van der Waals surface area contributed by atoms with Crippen LogP contribution in [0.5, 0.6) is 0 Å². The van der Waals surface area contributed by atoms with Crippen molar-refractivity contribution in [2.45, 2.75) is 46.5 Å². The van der Waals surface area contributed by atoms with Gasteiger partial charge in [0.1, 0.15) is 6.54 Å². The highest BCUT2D eigenvalue weighted by Gasteiger charge is 2.16. The summed E-state index contributed by atoms with van der Waals surface area (Å²) in [6, 6.07) is 13.0. The average Bonchev–Trinajstić information content (AvgIpc) is 2.72. The molecule has 0 aliphatic heterocycles. The maximum Gasteiger partial charge on any atom is 0.325 e. The van der Waals surface area contributed by atoms with Crippen LogP contribution in [0, 0.1) is 13.8 Å². The summed E-state index contributed by atoms with van der Waals surface area (Å²) in [5.41, 5.74) is 5.47. The Morgan fingerprint density at radius 3 is 2.13 bits per heavy atom. The molecule has 6 heteroatoms. The normalized spacial score (nSPS) is 11.0. The summed E-state index contributed by atoms with van der Waals surface area (Å²) in [5.74, 6) is -1.40. The smallest absolute Gasteiger partial charge is 0.325 e. The zero-order chi connectivity index (χ0) is 23.0. The van der Waals surface area contributed by atoms with E-state index in [9.17, 15) is 14.4 Å². The first-order valence-electron chi connectivity index (χ1n) is 10.4. The van der Waals surface area contributed by atoms with E-state index < -0.39 is 5.97 Å². The van der Waals surface area contributed by atoms with Crippen molar-refractivity contribution in [2.75, 3.05) is 19.7 Å². The Kier molecular flexibility index (Phi) is 8.37. The third kappa shape index (κ3) is 7.55. The maximum absolute atomic E-state index is 12.0. The molecule has 2 aromatic rings. The average molecular weight is 425 g/mol. The van der Waals surface area contributed by atoms with Crippen LogP contribution in [-0.2, 0) is 26.2 Å². The fourth-order valence-corrected chi connectivity index (χ4v) is 3.24. The van der Waals surface area contributed by atoms with Crippen LogP contribution in [0.1, 0.15) is 53.4 Å². The Hall–Kier alpha value is -3.15. The number of nitrogens with one attached hydrogen (secondary N) is 2. The first kappa shape index (κ1) is 24.1. The molecule has 2 amide bonds. The Morgan fingerprint density at radius 2 is 1.55 bits per heavy atom. The van der Waals surface area contributed by atoms with Crippen molar-refractivity contribution in [3.8, 4) is 0 Å². The molecular weight excluding hydrogens is 392 g/mol. The second-order valence-electron chi connectivity index (χ2n) is 8.65. The fourth-order valence-electron chi connectivity index (χ4n) is 3.24. The minimum Gasteiger partial charge on any atom is -0.454 e. The van der Waals surface area contributed by atoms with Gasteiger partial charge in [0.15, 0.2) is 6.61 Å². The molecular formula is C25H32N2O4. The largest absolute Gasteiger partial charge is 0.454 e. The number of ether oxygens (including phenoxy) is 1. The van der Waals surface area contributed by atoms with Crippen molar-refractivity contribution in [1.82, 2.24) is 10.6 Å². The fraction of sp³-hybridized carbons (Fsp3) is 0.400. The number of carbonyl (C=O) groups excluding carboxylic acids is 3. The van der Waals surface area contributed by atoms with Gasteiger partial charge in [0.2, 0.25) is 0 Å². The van der Waals surface area contributed by atoms with Crippen molar-refractivity contribution >= 4 is 17.8 Å². The molecule has 0 aromatic heterocycles. The molecule has 0 aliphatic rings. The van der Waals surface area contributed by atoms with E-state index in [4.69, 9.17) is 4.74 Å². The first-order chi connectivity index (χ1) is 14.6. The van der Waals surface area contributed by atoms with E-state index in [-0.39, 0.29) is 30.4 Å². The van der Waals surface area contributed by atoms with Crippen LogP contribution in [0.2, 0.25) is 0 Å². The lowest BCUT2D eigenvalue weighted by Gasteiger charge is -2.22. The quantitative estimate of drug-likeness (QED) is 0.637. The summed E-state index contributed by atoms with van der Waals surface area (Å²) in [4.78, 5) is 35.6. The van der Waals surface area contributed by atoms with Gasteiger partial charge < -0.3 is 15.4 Å². The molecule has 0 heterocycles. The summed E-state index contributed by atoms with van der Waals surface area (Å²) >= 11 is 0. The Balaban J connectivity index is 1.72. The highest BCUT2D eigenvalue weighted by atomic mass is 16.5. The number of rotatable bonds is 8. The molecule has 0 saturated carbocycles. The zero-order valence-electron chi connectivity index (χ0n) is 19.0. The van der Waals surface area contributed by atoms with Crippen LogP contribution in [-0.4, -0.2) is 37.5 Å². The van der Waals surface area contributed by atoms with Crippen LogP contribution in [0.15, 0.2) is 42.5 Å². The van der Waals surface area contributed by atoms with Crippen molar-refractivity contribution < 1.29 is 19.1 Å². The molecule has 6 nitrogen and oxygen atoms in total. The van der Waals surface area contributed by atoms with Gasteiger partial charge in [-0.05, 0) is 60.1 Å². The summed E-state index contributed by atoms with van der Waals surface area (Å²) in [7, 11) is 0. The van der Waals surface area contributed by atoms with Crippen molar-refractivity contribution in [3.05, 3.63) is 70.3 Å². The van der Waals surface area contributed by atoms with Gasteiger partial charge in [-0.1, -0.05) is 51.1 Å². The molecule has 2 N–H and O–H groups in total. The van der Waals surface area contributed by atoms with Crippen LogP contribution in [0.25, 0.3) is 0 Å². The van der Waals surface area contributed by atoms with E-state index in [2.05, 4.69) is 57.4 Å². The predicted molar refractivity (Wildman–Crippen MR) is 121 cm³/mol. The number of hydrogen-bond donors (Lipinski definition) is 2. The van der Waals surface area contributed by atoms with Gasteiger partial charge in [-0.15, -0.1) is 0 Å². The third-order valence-corrected chi connectivity index (χ3v) is 5.05. The summed E-state index contributed by atoms with van der Waals surface area (Å²) in [6.07, 6.45) is 0.703. The van der Waals surface area contributed by atoms with Crippen LogP contribution in [0.4, 0.5) is 0 Å². The molecule has 31 heavy (non-hydrogen) atoms. The molecule has 0 aliphatic carbocycles. The SMILES string of the molecule is Cc1cc(C(C)(C)C)cc(C)c1CCNC(=O)COC(=O)CNC(=O)c1ccccc1. The molecule has 0 bridgehead atoms. The minimum absolute atomic E-state index is 0.0900. The van der Waals surface area contributed by atoms with E-state index in [0.29, 0.717) is 18.5 Å². The molecule has 0 radical (unpaired) electrons. The van der Waals surface area contributed by atoms with Crippen LogP contribution in [0.3, 0.4) is 0 Å². The van der Waals surface area contributed by atoms with E-state index in [1.807, 2.05) is 0 Å². The molecule has 0 atom stereocenters. The molecule has 2 rings (SSSR count). The number of benzene rings is 2. The van der Waals surface area contributed by atoms with Gasteiger partial charge in [0.25, 0.3) is 11.8 Å². The third-order valence-electron chi connectivity index (χ3n) is 5.05. The Bertz CT molecular complexity index is 907. The van der Waals surface area contributed by atoms with Gasteiger partial charge in [-0.25, -0.2) is 0 Å². The topological polar surface area (TPSA) is 84.5 Å². The zero-order valence-corrected chi connectivity index (χ0v) is 19.0. The number of amides is 2. The molecule has 2 aromatic carbocycles. The lowest BCUT2D eigenvalue weighted by molar-refractivity contribution is -0.147. The van der Waals surface area contributed by atoms with E-state index in [1.165, 1.54) is 22.3 Å². The van der Waals surface area contributed by atoms with Crippen molar-refractivity contribution in [1.29, 1.82) is 0 Å². The maximum atomic E-state index is 12.0. The van der Waals surface area contributed by atoms with Gasteiger partial charge in [0, 0.05) is 12.1 Å². The molecule has 166 valence electrons. The van der Waals surface area contributed by atoms with E-state index in [0.717, 1.165) is 0 Å². The van der Waals surface area contributed by atoms with Gasteiger partial charge in [-0.3, -0.25) is 14.4 Å². The summed E-state index contributed by atoms with van der Waals surface area (Å²) < 4.78 is 4.93. The van der Waals surface area contributed by atoms with Crippen molar-refractivity contribution in [3.63, 3.8) is 0 Å². The van der Waals surface area contributed by atoms with Gasteiger partial charge >= 0.3 is 5.97 Å². The minimum atomic E-state index is -0.663. The Labute approximate surface area is 184 Å². The Morgan fingerprint density at radius 1 is 0.935 bits per heavy atom. The molecule has 0 unspecified atom stereocenters. The van der Waals surface area contributed by atoms with E-state index in [1.54, 1.807) is 30.3 Å².